The molecule has 3 nitrogen and oxygen atoms in total. The Morgan fingerprint density at radius 2 is 1.42 bits per heavy atom. The fourth-order valence-electron chi connectivity index (χ4n) is 1.92. The molecule has 0 aromatic rings. The Balaban J connectivity index is 3.17. The molecule has 0 unspecified atom stereocenters. The van der Waals surface area contributed by atoms with Gasteiger partial charge in [0.1, 0.15) is 0 Å². The van der Waals surface area contributed by atoms with Gasteiger partial charge in [0.2, 0.25) is 0 Å². The maximum atomic E-state index is 11.2. The Hall–Kier alpha value is -0.990. The number of carbonyl (C=O) groups excluding carboxylic acids is 1. The van der Waals surface area contributed by atoms with Gasteiger partial charge >= 0.3 is 5.97 Å². The van der Waals surface area contributed by atoms with Crippen molar-refractivity contribution < 1.29 is 14.6 Å². The third-order valence-corrected chi connectivity index (χ3v) is 3.25. The number of carbonyl (C=O) groups is 1. The summed E-state index contributed by atoms with van der Waals surface area (Å²) in [6.07, 6.45) is 13.4. The van der Waals surface area contributed by atoms with Crippen LogP contribution in [-0.4, -0.2) is 17.7 Å². The van der Waals surface area contributed by atoms with Gasteiger partial charge in [-0.05, 0) is 13.3 Å². The quantitative estimate of drug-likeness (QED) is 0.237. The molecular weight excluding hydrogens is 240 g/mol. The Kier molecular flexibility index (Phi) is 12.7. The largest absolute Gasteiger partial charge is 0.515 e. The molecule has 0 fully saturated rings. The van der Waals surface area contributed by atoms with Crippen LogP contribution < -0.4 is 0 Å². The van der Waals surface area contributed by atoms with Crippen LogP contribution in [0.4, 0.5) is 0 Å². The lowest BCUT2D eigenvalue weighted by molar-refractivity contribution is -0.139. The first-order chi connectivity index (χ1) is 9.22. The monoisotopic (exact) mass is 270 g/mol. The molecule has 0 amide bonds. The predicted octanol–water partition coefficient (Wildman–Crippen LogP) is 4.91. The molecule has 0 saturated heterocycles. The molecule has 0 aromatic heterocycles. The Labute approximate surface area is 118 Å². The van der Waals surface area contributed by atoms with E-state index in [1.165, 1.54) is 51.4 Å². The minimum Gasteiger partial charge on any atom is -0.515 e. The second-order valence-corrected chi connectivity index (χ2v) is 5.13. The smallest absolute Gasteiger partial charge is 0.336 e. The summed E-state index contributed by atoms with van der Waals surface area (Å²) in [4.78, 5) is 11.2. The van der Waals surface area contributed by atoms with Gasteiger partial charge in [0.25, 0.3) is 0 Å². The van der Waals surface area contributed by atoms with E-state index in [4.69, 9.17) is 9.84 Å². The minimum absolute atomic E-state index is 0.257. The van der Waals surface area contributed by atoms with Crippen molar-refractivity contribution in [3.8, 4) is 0 Å². The SMILES string of the molecule is CCCCCCCCCCCCOC(=O)C(C)=CO. The van der Waals surface area contributed by atoms with Crippen molar-refractivity contribution in [2.24, 2.45) is 0 Å². The average molecular weight is 270 g/mol. The number of rotatable bonds is 12. The number of ether oxygens (including phenoxy) is 1. The first-order valence-corrected chi connectivity index (χ1v) is 7.70. The summed E-state index contributed by atoms with van der Waals surface area (Å²) in [6, 6.07) is 0. The summed E-state index contributed by atoms with van der Waals surface area (Å²) < 4.78 is 5.00. The Morgan fingerprint density at radius 3 is 1.89 bits per heavy atom. The molecule has 0 aliphatic heterocycles. The summed E-state index contributed by atoms with van der Waals surface area (Å²) in [5.41, 5.74) is 0.257. The van der Waals surface area contributed by atoms with E-state index in [0.717, 1.165) is 19.1 Å². The Morgan fingerprint density at radius 1 is 0.947 bits per heavy atom. The summed E-state index contributed by atoms with van der Waals surface area (Å²) in [6.45, 7) is 4.24. The van der Waals surface area contributed by atoms with Gasteiger partial charge in [-0.15, -0.1) is 0 Å². The Bertz CT molecular complexity index is 246. The molecule has 0 heterocycles. The van der Waals surface area contributed by atoms with Crippen molar-refractivity contribution in [2.45, 2.75) is 78.1 Å². The van der Waals surface area contributed by atoms with Crippen molar-refractivity contribution >= 4 is 5.97 Å². The summed E-state index contributed by atoms with van der Waals surface area (Å²) in [5, 5.41) is 8.62. The lowest BCUT2D eigenvalue weighted by Crippen LogP contribution is -2.07. The molecule has 0 rings (SSSR count). The van der Waals surface area contributed by atoms with E-state index in [9.17, 15) is 4.79 Å². The van der Waals surface area contributed by atoms with Crippen LogP contribution in [0.5, 0.6) is 0 Å². The molecule has 0 spiro atoms. The normalized spacial score (nSPS) is 11.6. The maximum absolute atomic E-state index is 11.2. The zero-order valence-electron chi connectivity index (χ0n) is 12.6. The van der Waals surface area contributed by atoms with Crippen LogP contribution in [0.25, 0.3) is 0 Å². The van der Waals surface area contributed by atoms with Crippen LogP contribution in [0.1, 0.15) is 78.1 Å². The van der Waals surface area contributed by atoms with E-state index >= 15 is 0 Å². The number of hydrogen-bond donors (Lipinski definition) is 1. The highest BCUT2D eigenvalue weighted by molar-refractivity contribution is 5.87. The maximum Gasteiger partial charge on any atom is 0.336 e. The van der Waals surface area contributed by atoms with Crippen LogP contribution in [-0.2, 0) is 9.53 Å². The van der Waals surface area contributed by atoms with Crippen LogP contribution in [0, 0.1) is 0 Å². The first kappa shape index (κ1) is 18.0. The first-order valence-electron chi connectivity index (χ1n) is 7.70. The van der Waals surface area contributed by atoms with Crippen molar-refractivity contribution in [3.05, 3.63) is 11.8 Å². The zero-order valence-corrected chi connectivity index (χ0v) is 12.6. The molecule has 0 bridgehead atoms. The molecule has 112 valence electrons. The summed E-state index contributed by atoms with van der Waals surface area (Å²) in [5.74, 6) is -0.418. The van der Waals surface area contributed by atoms with Gasteiger partial charge in [-0.2, -0.15) is 0 Å². The van der Waals surface area contributed by atoms with Crippen molar-refractivity contribution in [2.75, 3.05) is 6.61 Å². The highest BCUT2D eigenvalue weighted by Gasteiger charge is 2.04. The fraction of sp³-hybridized carbons (Fsp3) is 0.812. The second-order valence-electron chi connectivity index (χ2n) is 5.13. The van der Waals surface area contributed by atoms with Crippen LogP contribution in [0.2, 0.25) is 0 Å². The molecule has 1 N–H and O–H groups in total. The number of esters is 1. The molecule has 3 heteroatoms. The molecule has 0 aliphatic carbocycles. The molecular formula is C16H30O3. The van der Waals surface area contributed by atoms with E-state index in [-0.39, 0.29) is 5.57 Å². The highest BCUT2D eigenvalue weighted by atomic mass is 16.5. The van der Waals surface area contributed by atoms with Gasteiger partial charge in [0, 0.05) is 0 Å². The number of aliphatic hydroxyl groups is 1. The summed E-state index contributed by atoms with van der Waals surface area (Å²) >= 11 is 0. The van der Waals surface area contributed by atoms with E-state index < -0.39 is 5.97 Å². The number of unbranched alkanes of at least 4 members (excludes halogenated alkanes) is 9. The van der Waals surface area contributed by atoms with Crippen molar-refractivity contribution in [3.63, 3.8) is 0 Å². The van der Waals surface area contributed by atoms with Crippen LogP contribution in [0.3, 0.4) is 0 Å². The van der Waals surface area contributed by atoms with Gasteiger partial charge in [0.05, 0.1) is 18.4 Å². The molecule has 0 saturated carbocycles. The summed E-state index contributed by atoms with van der Waals surface area (Å²) in [7, 11) is 0. The number of aliphatic hydroxyl groups excluding tert-OH is 1. The fourth-order valence-corrected chi connectivity index (χ4v) is 1.92. The van der Waals surface area contributed by atoms with Gasteiger partial charge in [-0.25, -0.2) is 4.79 Å². The number of hydrogen-bond acceptors (Lipinski definition) is 3. The van der Waals surface area contributed by atoms with E-state index in [2.05, 4.69) is 6.92 Å². The van der Waals surface area contributed by atoms with E-state index in [1.54, 1.807) is 6.92 Å². The van der Waals surface area contributed by atoms with E-state index in [1.807, 2.05) is 0 Å². The molecule has 0 radical (unpaired) electrons. The van der Waals surface area contributed by atoms with Gasteiger partial charge < -0.3 is 9.84 Å². The molecule has 0 aliphatic rings. The van der Waals surface area contributed by atoms with Crippen LogP contribution in [0.15, 0.2) is 11.8 Å². The average Bonchev–Trinajstić information content (AvgIpc) is 2.43. The lowest BCUT2D eigenvalue weighted by Gasteiger charge is -2.04. The molecule has 0 aromatic carbocycles. The standard InChI is InChI=1S/C16H30O3/c1-3-4-5-6-7-8-9-10-11-12-13-19-16(18)15(2)14-17/h14,17H,3-13H2,1-2H3. The molecule has 19 heavy (non-hydrogen) atoms. The topological polar surface area (TPSA) is 46.5 Å². The zero-order chi connectivity index (χ0) is 14.3. The van der Waals surface area contributed by atoms with Gasteiger partial charge in [-0.1, -0.05) is 64.7 Å². The predicted molar refractivity (Wildman–Crippen MR) is 79.2 cm³/mol. The molecule has 0 atom stereocenters. The van der Waals surface area contributed by atoms with Crippen LogP contribution >= 0.6 is 0 Å². The van der Waals surface area contributed by atoms with Gasteiger partial charge in [-0.3, -0.25) is 0 Å². The van der Waals surface area contributed by atoms with Gasteiger partial charge in [0.15, 0.2) is 0 Å². The minimum atomic E-state index is -0.418. The third-order valence-electron chi connectivity index (χ3n) is 3.25. The highest BCUT2D eigenvalue weighted by Crippen LogP contribution is 2.10. The third kappa shape index (κ3) is 11.8. The van der Waals surface area contributed by atoms with Crippen molar-refractivity contribution in [1.82, 2.24) is 0 Å². The van der Waals surface area contributed by atoms with Crippen molar-refractivity contribution in [1.29, 1.82) is 0 Å². The lowest BCUT2D eigenvalue weighted by atomic mass is 10.1. The van der Waals surface area contributed by atoms with E-state index in [0.29, 0.717) is 6.61 Å². The second kappa shape index (κ2) is 13.4.